The largest absolute Gasteiger partial charge is 0.398 e. The molecule has 0 fully saturated rings. The normalized spacial score (nSPS) is 10.8. The summed E-state index contributed by atoms with van der Waals surface area (Å²) in [5, 5.41) is 11.7. The first-order valence-electron chi connectivity index (χ1n) is 6.17. The number of halogens is 2. The molecule has 0 aliphatic rings. The highest BCUT2D eigenvalue weighted by Crippen LogP contribution is 2.30. The maximum atomic E-state index is 13.2. The van der Waals surface area contributed by atoms with E-state index in [1.165, 1.54) is 16.8 Å². The van der Waals surface area contributed by atoms with Gasteiger partial charge in [0.2, 0.25) is 0 Å². The number of nitrogen functional groups attached to an aromatic ring is 1. The Labute approximate surface area is 128 Å². The van der Waals surface area contributed by atoms with Gasteiger partial charge in [-0.05, 0) is 63.1 Å². The number of benzene rings is 2. The average molecular weight is 348 g/mol. The summed E-state index contributed by atoms with van der Waals surface area (Å²) in [6.07, 6.45) is 0. The van der Waals surface area contributed by atoms with Gasteiger partial charge in [-0.25, -0.2) is 4.39 Å². The number of hydrogen-bond donors (Lipinski definition) is 1. The van der Waals surface area contributed by atoms with Gasteiger partial charge in [-0.15, -0.1) is 5.10 Å². The molecule has 0 unspecified atom stereocenters. The molecule has 2 N–H and O–H groups in total. The van der Waals surface area contributed by atoms with Gasteiger partial charge in [0.15, 0.2) is 5.82 Å². The van der Waals surface area contributed by atoms with Crippen molar-refractivity contribution in [1.82, 2.24) is 20.2 Å². The van der Waals surface area contributed by atoms with Crippen LogP contribution < -0.4 is 5.73 Å². The summed E-state index contributed by atoms with van der Waals surface area (Å²) >= 11 is 3.32. The lowest BCUT2D eigenvalue weighted by molar-refractivity contribution is 0.625. The van der Waals surface area contributed by atoms with Gasteiger partial charge in [0.05, 0.1) is 5.69 Å². The van der Waals surface area contributed by atoms with Crippen LogP contribution in [0.3, 0.4) is 0 Å². The number of aryl methyl sites for hydroxylation is 1. The van der Waals surface area contributed by atoms with Crippen molar-refractivity contribution in [3.63, 3.8) is 0 Å². The molecular formula is C14H11BrFN5. The summed E-state index contributed by atoms with van der Waals surface area (Å²) in [7, 11) is 0. The van der Waals surface area contributed by atoms with E-state index >= 15 is 0 Å². The quantitative estimate of drug-likeness (QED) is 0.723. The molecule has 0 atom stereocenters. The van der Waals surface area contributed by atoms with Crippen LogP contribution in [0.2, 0.25) is 0 Å². The molecular weight excluding hydrogens is 337 g/mol. The van der Waals surface area contributed by atoms with Gasteiger partial charge in [0.1, 0.15) is 5.82 Å². The third-order valence-electron chi connectivity index (χ3n) is 3.17. The van der Waals surface area contributed by atoms with Crippen LogP contribution in [-0.4, -0.2) is 20.2 Å². The zero-order valence-electron chi connectivity index (χ0n) is 11.1. The summed E-state index contributed by atoms with van der Waals surface area (Å²) in [5.74, 6) is 0.166. The molecule has 0 radical (unpaired) electrons. The van der Waals surface area contributed by atoms with Crippen molar-refractivity contribution in [2.45, 2.75) is 6.92 Å². The van der Waals surface area contributed by atoms with Crippen LogP contribution in [0.25, 0.3) is 17.1 Å². The van der Waals surface area contributed by atoms with Crippen molar-refractivity contribution in [2.75, 3.05) is 5.73 Å². The molecule has 0 bridgehead atoms. The van der Waals surface area contributed by atoms with Crippen molar-refractivity contribution in [1.29, 1.82) is 0 Å². The third kappa shape index (κ3) is 2.40. The van der Waals surface area contributed by atoms with Crippen LogP contribution in [0.1, 0.15) is 5.56 Å². The van der Waals surface area contributed by atoms with E-state index in [1.54, 1.807) is 6.07 Å². The standard InChI is InChI=1S/C14H11BrFN5/c1-8-3-2-4-10(13(8)17)14-18-19-20-21(14)12-6-5-9(16)7-11(12)15/h2-7H,17H2,1H3. The number of hydrogen-bond acceptors (Lipinski definition) is 4. The molecule has 1 heterocycles. The van der Waals surface area contributed by atoms with E-state index < -0.39 is 0 Å². The molecule has 3 aromatic rings. The number of rotatable bonds is 2. The molecule has 0 aliphatic carbocycles. The molecule has 2 aromatic carbocycles. The Hall–Kier alpha value is -2.28. The predicted octanol–water partition coefficient (Wildman–Crippen LogP) is 3.12. The van der Waals surface area contributed by atoms with Crippen molar-refractivity contribution in [3.8, 4) is 17.1 Å². The van der Waals surface area contributed by atoms with E-state index in [-0.39, 0.29) is 5.82 Å². The zero-order chi connectivity index (χ0) is 15.0. The second-order valence-electron chi connectivity index (χ2n) is 4.55. The van der Waals surface area contributed by atoms with Gasteiger partial charge in [0, 0.05) is 15.7 Å². The van der Waals surface area contributed by atoms with E-state index in [0.29, 0.717) is 21.7 Å². The van der Waals surface area contributed by atoms with E-state index in [1.807, 2.05) is 25.1 Å². The molecule has 0 spiro atoms. The van der Waals surface area contributed by atoms with Crippen LogP contribution in [-0.2, 0) is 0 Å². The lowest BCUT2D eigenvalue weighted by Gasteiger charge is -2.10. The number of para-hydroxylation sites is 1. The summed E-state index contributed by atoms with van der Waals surface area (Å²) in [6.45, 7) is 1.92. The van der Waals surface area contributed by atoms with E-state index in [9.17, 15) is 4.39 Å². The maximum absolute atomic E-state index is 13.2. The first-order chi connectivity index (χ1) is 10.1. The Kier molecular flexibility index (Phi) is 3.42. The molecule has 1 aromatic heterocycles. The number of tetrazole rings is 1. The molecule has 5 nitrogen and oxygen atoms in total. The van der Waals surface area contributed by atoms with E-state index in [4.69, 9.17) is 5.73 Å². The second kappa shape index (κ2) is 5.25. The zero-order valence-corrected chi connectivity index (χ0v) is 12.7. The van der Waals surface area contributed by atoms with Gasteiger partial charge in [-0.1, -0.05) is 12.1 Å². The fourth-order valence-corrected chi connectivity index (χ4v) is 2.56. The number of anilines is 1. The fraction of sp³-hybridized carbons (Fsp3) is 0.0714. The van der Waals surface area contributed by atoms with Crippen LogP contribution in [0.5, 0.6) is 0 Å². The van der Waals surface area contributed by atoms with E-state index in [2.05, 4.69) is 31.5 Å². The monoisotopic (exact) mass is 347 g/mol. The Morgan fingerprint density at radius 2 is 2.05 bits per heavy atom. The van der Waals surface area contributed by atoms with Gasteiger partial charge < -0.3 is 5.73 Å². The van der Waals surface area contributed by atoms with Crippen molar-refractivity contribution in [2.24, 2.45) is 0 Å². The number of nitrogens with zero attached hydrogens (tertiary/aromatic N) is 4. The SMILES string of the molecule is Cc1cccc(-c2nnnn2-c2ccc(F)cc2Br)c1N. The van der Waals surface area contributed by atoms with Gasteiger partial charge in [-0.3, -0.25) is 0 Å². The van der Waals surface area contributed by atoms with Crippen LogP contribution >= 0.6 is 15.9 Å². The average Bonchev–Trinajstić information content (AvgIpc) is 2.91. The number of aromatic nitrogens is 4. The topological polar surface area (TPSA) is 69.6 Å². The molecule has 0 saturated heterocycles. The first-order valence-corrected chi connectivity index (χ1v) is 6.96. The summed E-state index contributed by atoms with van der Waals surface area (Å²) in [6, 6.07) is 9.97. The summed E-state index contributed by atoms with van der Waals surface area (Å²) < 4.78 is 15.3. The van der Waals surface area contributed by atoms with Gasteiger partial charge >= 0.3 is 0 Å². The fourth-order valence-electron chi connectivity index (χ4n) is 2.05. The lowest BCUT2D eigenvalue weighted by atomic mass is 10.1. The molecule has 106 valence electrons. The highest BCUT2D eigenvalue weighted by molar-refractivity contribution is 9.10. The Balaban J connectivity index is 2.20. The lowest BCUT2D eigenvalue weighted by Crippen LogP contribution is -2.03. The Morgan fingerprint density at radius 3 is 2.81 bits per heavy atom. The molecule has 0 saturated carbocycles. The first kappa shape index (κ1) is 13.7. The predicted molar refractivity (Wildman–Crippen MR) is 81.4 cm³/mol. The molecule has 21 heavy (non-hydrogen) atoms. The molecule has 0 aliphatic heterocycles. The second-order valence-corrected chi connectivity index (χ2v) is 5.40. The minimum absolute atomic E-state index is 0.338. The minimum Gasteiger partial charge on any atom is -0.398 e. The Morgan fingerprint density at radius 1 is 1.24 bits per heavy atom. The summed E-state index contributed by atoms with van der Waals surface area (Å²) in [4.78, 5) is 0. The maximum Gasteiger partial charge on any atom is 0.189 e. The van der Waals surface area contributed by atoms with Crippen LogP contribution in [0.15, 0.2) is 40.9 Å². The van der Waals surface area contributed by atoms with E-state index in [0.717, 1.165) is 11.1 Å². The minimum atomic E-state index is -0.338. The smallest absolute Gasteiger partial charge is 0.189 e. The highest BCUT2D eigenvalue weighted by atomic mass is 79.9. The van der Waals surface area contributed by atoms with Crippen LogP contribution in [0, 0.1) is 12.7 Å². The van der Waals surface area contributed by atoms with Gasteiger partial charge in [-0.2, -0.15) is 4.68 Å². The van der Waals surface area contributed by atoms with Crippen LogP contribution in [0.4, 0.5) is 10.1 Å². The molecule has 7 heteroatoms. The van der Waals surface area contributed by atoms with Crippen molar-refractivity contribution >= 4 is 21.6 Å². The third-order valence-corrected chi connectivity index (χ3v) is 3.81. The van der Waals surface area contributed by atoms with Crippen molar-refractivity contribution in [3.05, 3.63) is 52.3 Å². The summed E-state index contributed by atoms with van der Waals surface area (Å²) in [5.41, 5.74) is 9.03. The van der Waals surface area contributed by atoms with Gasteiger partial charge in [0.25, 0.3) is 0 Å². The Bertz CT molecular complexity index is 815. The molecule has 3 rings (SSSR count). The molecule has 0 amide bonds. The highest BCUT2D eigenvalue weighted by Gasteiger charge is 2.16. The van der Waals surface area contributed by atoms with Crippen molar-refractivity contribution < 1.29 is 4.39 Å². The number of nitrogens with two attached hydrogens (primary N) is 1.